The summed E-state index contributed by atoms with van der Waals surface area (Å²) < 4.78 is 29.1. The van der Waals surface area contributed by atoms with Crippen molar-refractivity contribution in [1.29, 1.82) is 0 Å². The number of hydrogen-bond acceptors (Lipinski definition) is 6. The van der Waals surface area contributed by atoms with Crippen LogP contribution in [0.4, 0.5) is 11.4 Å². The van der Waals surface area contributed by atoms with Crippen LogP contribution in [-0.4, -0.2) is 45.9 Å². The maximum absolute atomic E-state index is 11.8. The van der Waals surface area contributed by atoms with Gasteiger partial charge in [-0.3, -0.25) is 10.1 Å². The van der Waals surface area contributed by atoms with E-state index in [-0.39, 0.29) is 16.0 Å². The van der Waals surface area contributed by atoms with Gasteiger partial charge in [-0.05, 0) is 25.0 Å². The molecular formula is C14H18N2O5S. The monoisotopic (exact) mass is 326 g/mol. The SMILES string of the molecule is CS(=O)(=O)c1cccc(N2CCC3(CCOC3)C2)c1[N+](=O)[O-]. The van der Waals surface area contributed by atoms with Crippen LogP contribution in [0.5, 0.6) is 0 Å². The third kappa shape index (κ3) is 2.56. The van der Waals surface area contributed by atoms with Gasteiger partial charge >= 0.3 is 5.69 Å². The average molecular weight is 326 g/mol. The van der Waals surface area contributed by atoms with Crippen molar-refractivity contribution >= 4 is 21.2 Å². The fourth-order valence-corrected chi connectivity index (χ4v) is 4.22. The van der Waals surface area contributed by atoms with Crippen molar-refractivity contribution in [2.45, 2.75) is 17.7 Å². The second-order valence-corrected chi connectivity index (χ2v) is 8.11. The molecule has 0 saturated carbocycles. The maximum atomic E-state index is 11.8. The number of benzene rings is 1. The molecule has 2 fully saturated rings. The van der Waals surface area contributed by atoms with E-state index in [0.717, 1.165) is 25.7 Å². The van der Waals surface area contributed by atoms with Crippen molar-refractivity contribution in [3.63, 3.8) is 0 Å². The Morgan fingerprint density at radius 3 is 2.73 bits per heavy atom. The Kier molecular flexibility index (Phi) is 3.60. The quantitative estimate of drug-likeness (QED) is 0.619. The number of nitrogens with zero attached hydrogens (tertiary/aromatic N) is 2. The van der Waals surface area contributed by atoms with Gasteiger partial charge in [-0.1, -0.05) is 6.07 Å². The molecule has 1 atom stereocenters. The standard InChI is InChI=1S/C14H18N2O5S/c1-22(19,20)12-4-2-3-11(13(12)16(17)18)15-7-5-14(9-15)6-8-21-10-14/h2-4H,5-10H2,1H3. The highest BCUT2D eigenvalue weighted by Gasteiger charge is 2.43. The normalized spacial score (nSPS) is 25.0. The number of sulfone groups is 1. The van der Waals surface area contributed by atoms with Crippen LogP contribution in [0.3, 0.4) is 0 Å². The Hall–Kier alpha value is -1.67. The molecule has 0 bridgehead atoms. The van der Waals surface area contributed by atoms with Gasteiger partial charge in [-0.25, -0.2) is 8.42 Å². The zero-order valence-corrected chi connectivity index (χ0v) is 13.1. The Balaban J connectivity index is 2.03. The van der Waals surface area contributed by atoms with Gasteiger partial charge < -0.3 is 9.64 Å². The minimum Gasteiger partial charge on any atom is -0.381 e. The van der Waals surface area contributed by atoms with Crippen LogP contribution in [0, 0.1) is 15.5 Å². The van der Waals surface area contributed by atoms with E-state index in [4.69, 9.17) is 4.74 Å². The third-order valence-electron chi connectivity index (χ3n) is 4.52. The first-order valence-corrected chi connectivity index (χ1v) is 9.02. The molecule has 120 valence electrons. The van der Waals surface area contributed by atoms with Crippen LogP contribution >= 0.6 is 0 Å². The molecule has 2 saturated heterocycles. The second kappa shape index (κ2) is 5.20. The largest absolute Gasteiger partial charge is 0.381 e. The molecule has 1 aromatic rings. The molecule has 2 aliphatic rings. The molecule has 1 aromatic carbocycles. The number of nitro groups is 1. The lowest BCUT2D eigenvalue weighted by Gasteiger charge is -2.23. The maximum Gasteiger partial charge on any atom is 0.311 e. The van der Waals surface area contributed by atoms with E-state index in [0.29, 0.717) is 25.4 Å². The minimum atomic E-state index is -3.65. The van der Waals surface area contributed by atoms with Crippen molar-refractivity contribution in [3.05, 3.63) is 28.3 Å². The van der Waals surface area contributed by atoms with E-state index in [1.54, 1.807) is 12.1 Å². The molecule has 0 aliphatic carbocycles. The Morgan fingerprint density at radius 2 is 2.14 bits per heavy atom. The van der Waals surface area contributed by atoms with Gasteiger partial charge in [0.25, 0.3) is 0 Å². The molecule has 8 heteroatoms. The van der Waals surface area contributed by atoms with E-state index in [9.17, 15) is 18.5 Å². The molecule has 0 amide bonds. The number of para-hydroxylation sites is 1. The number of ether oxygens (including phenoxy) is 1. The summed E-state index contributed by atoms with van der Waals surface area (Å²) in [6.45, 7) is 2.74. The van der Waals surface area contributed by atoms with E-state index >= 15 is 0 Å². The van der Waals surface area contributed by atoms with Gasteiger partial charge in [0.15, 0.2) is 9.84 Å². The van der Waals surface area contributed by atoms with Crippen LogP contribution in [0.15, 0.2) is 23.1 Å². The van der Waals surface area contributed by atoms with Gasteiger partial charge in [0.05, 0.1) is 11.5 Å². The lowest BCUT2D eigenvalue weighted by atomic mass is 9.87. The summed E-state index contributed by atoms with van der Waals surface area (Å²) >= 11 is 0. The number of rotatable bonds is 3. The second-order valence-electron chi connectivity index (χ2n) is 6.13. The van der Waals surface area contributed by atoms with E-state index < -0.39 is 14.8 Å². The van der Waals surface area contributed by atoms with Crippen LogP contribution in [-0.2, 0) is 14.6 Å². The fourth-order valence-electron chi connectivity index (χ4n) is 3.36. The van der Waals surface area contributed by atoms with Gasteiger partial charge in [0, 0.05) is 31.4 Å². The zero-order chi connectivity index (χ0) is 16.0. The zero-order valence-electron chi connectivity index (χ0n) is 12.3. The highest BCUT2D eigenvalue weighted by Crippen LogP contribution is 2.43. The molecule has 2 heterocycles. The van der Waals surface area contributed by atoms with Crippen LogP contribution < -0.4 is 4.90 Å². The number of hydrogen-bond donors (Lipinski definition) is 0. The molecule has 22 heavy (non-hydrogen) atoms. The molecule has 1 unspecified atom stereocenters. The molecule has 0 radical (unpaired) electrons. The Labute approximate surface area is 128 Å². The summed E-state index contributed by atoms with van der Waals surface area (Å²) in [4.78, 5) is 12.5. The van der Waals surface area contributed by atoms with E-state index in [2.05, 4.69) is 0 Å². The molecular weight excluding hydrogens is 308 g/mol. The summed E-state index contributed by atoms with van der Waals surface area (Å²) in [5, 5.41) is 11.4. The third-order valence-corrected chi connectivity index (χ3v) is 5.65. The van der Waals surface area contributed by atoms with Gasteiger partial charge in [0.2, 0.25) is 0 Å². The molecule has 2 aliphatic heterocycles. The molecule has 1 spiro atoms. The number of nitro benzene ring substituents is 1. The molecule has 0 aromatic heterocycles. The van der Waals surface area contributed by atoms with Crippen molar-refractivity contribution in [2.75, 3.05) is 37.5 Å². The predicted octanol–water partition coefficient (Wildman–Crippen LogP) is 1.62. The highest BCUT2D eigenvalue weighted by atomic mass is 32.2. The Bertz CT molecular complexity index is 710. The van der Waals surface area contributed by atoms with Crippen LogP contribution in [0.1, 0.15) is 12.8 Å². The molecule has 0 N–H and O–H groups in total. The van der Waals surface area contributed by atoms with Crippen molar-refractivity contribution < 1.29 is 18.1 Å². The highest BCUT2D eigenvalue weighted by molar-refractivity contribution is 7.90. The van der Waals surface area contributed by atoms with Gasteiger partial charge in [0.1, 0.15) is 10.6 Å². The van der Waals surface area contributed by atoms with E-state index in [1.807, 2.05) is 4.90 Å². The first-order valence-electron chi connectivity index (χ1n) is 7.13. The first kappa shape index (κ1) is 15.2. The average Bonchev–Trinajstić information content (AvgIpc) is 3.08. The summed E-state index contributed by atoms with van der Waals surface area (Å²) in [7, 11) is -3.65. The topological polar surface area (TPSA) is 89.8 Å². The van der Waals surface area contributed by atoms with Crippen LogP contribution in [0.2, 0.25) is 0 Å². The van der Waals surface area contributed by atoms with Crippen molar-refractivity contribution in [3.8, 4) is 0 Å². The molecule has 3 rings (SSSR count). The Morgan fingerprint density at radius 1 is 1.36 bits per heavy atom. The van der Waals surface area contributed by atoms with Crippen molar-refractivity contribution in [1.82, 2.24) is 0 Å². The predicted molar refractivity (Wildman–Crippen MR) is 80.9 cm³/mol. The lowest BCUT2D eigenvalue weighted by molar-refractivity contribution is -0.387. The van der Waals surface area contributed by atoms with Crippen molar-refractivity contribution in [2.24, 2.45) is 5.41 Å². The summed E-state index contributed by atoms with van der Waals surface area (Å²) in [6.07, 6.45) is 2.85. The van der Waals surface area contributed by atoms with Crippen LogP contribution in [0.25, 0.3) is 0 Å². The summed E-state index contributed by atoms with van der Waals surface area (Å²) in [5.74, 6) is 0. The fraction of sp³-hybridized carbons (Fsp3) is 0.571. The van der Waals surface area contributed by atoms with E-state index in [1.165, 1.54) is 6.07 Å². The lowest BCUT2D eigenvalue weighted by Crippen LogP contribution is -2.28. The summed E-state index contributed by atoms with van der Waals surface area (Å²) in [5.41, 5.74) is 0.118. The minimum absolute atomic E-state index is 0.0506. The first-order chi connectivity index (χ1) is 10.3. The van der Waals surface area contributed by atoms with Gasteiger partial charge in [-0.15, -0.1) is 0 Å². The smallest absolute Gasteiger partial charge is 0.311 e. The summed E-state index contributed by atoms with van der Waals surface area (Å²) in [6, 6.07) is 4.48. The number of anilines is 1. The molecule has 7 nitrogen and oxygen atoms in total. The van der Waals surface area contributed by atoms with Gasteiger partial charge in [-0.2, -0.15) is 0 Å².